The van der Waals surface area contributed by atoms with Crippen LogP contribution in [0.3, 0.4) is 0 Å². The van der Waals surface area contributed by atoms with Crippen LogP contribution in [0.1, 0.15) is 30.9 Å². The molecule has 0 spiro atoms. The van der Waals surface area contributed by atoms with E-state index in [9.17, 15) is 0 Å². The molecule has 0 aliphatic heterocycles. The molecule has 5 nitrogen and oxygen atoms in total. The molecule has 0 atom stereocenters. The van der Waals surface area contributed by atoms with Crippen LogP contribution in [0.25, 0.3) is 5.69 Å². The summed E-state index contributed by atoms with van der Waals surface area (Å²) in [6.45, 7) is 4.37. The molecule has 2 aromatic carbocycles. The molecule has 0 aliphatic carbocycles. The largest absolute Gasteiger partial charge is 0.497 e. The van der Waals surface area contributed by atoms with Crippen molar-refractivity contribution in [2.24, 2.45) is 0 Å². The fourth-order valence-corrected chi connectivity index (χ4v) is 3.36. The van der Waals surface area contributed by atoms with Gasteiger partial charge in [-0.1, -0.05) is 49.9 Å². The lowest BCUT2D eigenvalue weighted by molar-refractivity contribution is 0.414. The molecule has 6 heteroatoms. The third-order valence-electron chi connectivity index (χ3n) is 4.03. The molecule has 130 valence electrons. The summed E-state index contributed by atoms with van der Waals surface area (Å²) in [6.07, 6.45) is 0.952. The first kappa shape index (κ1) is 17.5. The first-order valence-electron chi connectivity index (χ1n) is 8.32. The van der Waals surface area contributed by atoms with E-state index in [0.29, 0.717) is 5.92 Å². The molecule has 1 heterocycles. The van der Waals surface area contributed by atoms with Crippen molar-refractivity contribution in [3.8, 4) is 11.4 Å². The van der Waals surface area contributed by atoms with Crippen molar-refractivity contribution in [2.75, 3.05) is 12.9 Å². The van der Waals surface area contributed by atoms with Crippen LogP contribution in [0.5, 0.6) is 5.75 Å². The Kier molecular flexibility index (Phi) is 5.71. The lowest BCUT2D eigenvalue weighted by Gasteiger charge is -2.08. The highest BCUT2D eigenvalue weighted by Gasteiger charge is 2.09. The zero-order valence-electron chi connectivity index (χ0n) is 14.7. The van der Waals surface area contributed by atoms with Crippen molar-refractivity contribution in [2.45, 2.75) is 31.3 Å². The van der Waals surface area contributed by atoms with E-state index in [1.807, 2.05) is 12.1 Å². The van der Waals surface area contributed by atoms with Crippen LogP contribution in [-0.4, -0.2) is 33.1 Å². The summed E-state index contributed by atoms with van der Waals surface area (Å²) < 4.78 is 6.98. The van der Waals surface area contributed by atoms with E-state index in [4.69, 9.17) is 4.74 Å². The maximum absolute atomic E-state index is 5.19. The molecule has 0 saturated carbocycles. The van der Waals surface area contributed by atoms with Crippen molar-refractivity contribution in [3.05, 3.63) is 59.7 Å². The minimum Gasteiger partial charge on any atom is -0.497 e. The number of aryl methyl sites for hydroxylation is 1. The number of benzene rings is 2. The highest BCUT2D eigenvalue weighted by Crippen LogP contribution is 2.22. The van der Waals surface area contributed by atoms with Crippen LogP contribution < -0.4 is 4.74 Å². The SMILES string of the molecule is COc1ccc(CCSc2nnnn2-c2ccc(C(C)C)cc2)cc1. The van der Waals surface area contributed by atoms with Gasteiger partial charge in [-0.2, -0.15) is 4.68 Å². The maximum Gasteiger partial charge on any atom is 0.214 e. The summed E-state index contributed by atoms with van der Waals surface area (Å²) in [7, 11) is 1.68. The van der Waals surface area contributed by atoms with E-state index in [1.54, 1.807) is 23.6 Å². The smallest absolute Gasteiger partial charge is 0.214 e. The van der Waals surface area contributed by atoms with Gasteiger partial charge in [-0.3, -0.25) is 0 Å². The Morgan fingerprint density at radius 3 is 2.40 bits per heavy atom. The minimum atomic E-state index is 0.515. The van der Waals surface area contributed by atoms with Crippen molar-refractivity contribution in [3.63, 3.8) is 0 Å². The standard InChI is InChI=1S/C19H22N4OS/c1-14(2)16-6-8-17(9-7-16)23-19(20-21-22-23)25-13-12-15-4-10-18(24-3)11-5-15/h4-11,14H,12-13H2,1-3H3. The van der Waals surface area contributed by atoms with Gasteiger partial charge >= 0.3 is 0 Å². The Balaban J connectivity index is 1.63. The van der Waals surface area contributed by atoms with E-state index in [2.05, 4.69) is 65.8 Å². The van der Waals surface area contributed by atoms with Crippen molar-refractivity contribution in [1.82, 2.24) is 20.2 Å². The average Bonchev–Trinajstić information content (AvgIpc) is 3.11. The summed E-state index contributed by atoms with van der Waals surface area (Å²) in [5.41, 5.74) is 3.57. The lowest BCUT2D eigenvalue weighted by Crippen LogP contribution is -2.00. The number of hydrogen-bond donors (Lipinski definition) is 0. The molecular formula is C19H22N4OS. The third kappa shape index (κ3) is 4.39. The fraction of sp³-hybridized carbons (Fsp3) is 0.316. The molecule has 3 aromatic rings. The van der Waals surface area contributed by atoms with Crippen LogP contribution in [0.15, 0.2) is 53.7 Å². The average molecular weight is 354 g/mol. The number of rotatable bonds is 7. The zero-order valence-corrected chi connectivity index (χ0v) is 15.5. The maximum atomic E-state index is 5.19. The molecule has 0 unspecified atom stereocenters. The summed E-state index contributed by atoms with van der Waals surface area (Å²) >= 11 is 1.66. The summed E-state index contributed by atoms with van der Waals surface area (Å²) in [5, 5.41) is 12.9. The molecule has 25 heavy (non-hydrogen) atoms. The normalized spacial score (nSPS) is 11.0. The quantitative estimate of drug-likeness (QED) is 0.597. The Labute approximate surface area is 152 Å². The van der Waals surface area contributed by atoms with Gasteiger partial charge in [0.2, 0.25) is 5.16 Å². The van der Waals surface area contributed by atoms with Crippen molar-refractivity contribution >= 4 is 11.8 Å². The number of methoxy groups -OCH3 is 1. The van der Waals surface area contributed by atoms with Crippen LogP contribution in [0.2, 0.25) is 0 Å². The second-order valence-electron chi connectivity index (χ2n) is 6.07. The van der Waals surface area contributed by atoms with Crippen LogP contribution in [0, 0.1) is 0 Å². The van der Waals surface area contributed by atoms with Gasteiger partial charge in [0.05, 0.1) is 12.8 Å². The minimum absolute atomic E-state index is 0.515. The topological polar surface area (TPSA) is 52.8 Å². The van der Waals surface area contributed by atoms with Gasteiger partial charge in [0.1, 0.15) is 5.75 Å². The molecule has 3 rings (SSSR count). The summed E-state index contributed by atoms with van der Waals surface area (Å²) in [5.74, 6) is 2.31. The Bertz CT molecular complexity index is 797. The van der Waals surface area contributed by atoms with Crippen LogP contribution in [0.4, 0.5) is 0 Å². The monoisotopic (exact) mass is 354 g/mol. The summed E-state index contributed by atoms with van der Waals surface area (Å²) in [4.78, 5) is 0. The highest BCUT2D eigenvalue weighted by atomic mass is 32.2. The van der Waals surface area contributed by atoms with Gasteiger partial charge in [-0.25, -0.2) is 0 Å². The molecule has 1 aromatic heterocycles. The zero-order chi connectivity index (χ0) is 17.6. The molecule has 0 N–H and O–H groups in total. The van der Waals surface area contributed by atoms with E-state index in [0.717, 1.165) is 28.8 Å². The molecule has 0 fully saturated rings. The molecular weight excluding hydrogens is 332 g/mol. The molecule has 0 aliphatic rings. The number of aromatic nitrogens is 4. The van der Waals surface area contributed by atoms with Gasteiger partial charge in [0.15, 0.2) is 0 Å². The van der Waals surface area contributed by atoms with Crippen LogP contribution in [-0.2, 0) is 6.42 Å². The first-order chi connectivity index (χ1) is 12.2. The summed E-state index contributed by atoms with van der Waals surface area (Å²) in [6, 6.07) is 16.6. The van der Waals surface area contributed by atoms with Gasteiger partial charge in [-0.15, -0.1) is 5.10 Å². The van der Waals surface area contributed by atoms with Gasteiger partial charge in [0.25, 0.3) is 0 Å². The number of hydrogen-bond acceptors (Lipinski definition) is 5. The van der Waals surface area contributed by atoms with Crippen molar-refractivity contribution in [1.29, 1.82) is 0 Å². The number of thioether (sulfide) groups is 1. The number of tetrazole rings is 1. The second-order valence-corrected chi connectivity index (χ2v) is 7.13. The predicted molar refractivity (Wildman–Crippen MR) is 101 cm³/mol. The fourth-order valence-electron chi connectivity index (χ4n) is 2.48. The van der Waals surface area contributed by atoms with E-state index in [-0.39, 0.29) is 0 Å². The highest BCUT2D eigenvalue weighted by molar-refractivity contribution is 7.99. The van der Waals surface area contributed by atoms with E-state index < -0.39 is 0 Å². The molecule has 0 bridgehead atoms. The van der Waals surface area contributed by atoms with E-state index >= 15 is 0 Å². The predicted octanol–water partition coefficient (Wildman–Crippen LogP) is 4.13. The van der Waals surface area contributed by atoms with Crippen molar-refractivity contribution < 1.29 is 4.74 Å². The number of nitrogens with zero attached hydrogens (tertiary/aromatic N) is 4. The van der Waals surface area contributed by atoms with E-state index in [1.165, 1.54) is 11.1 Å². The first-order valence-corrected chi connectivity index (χ1v) is 9.30. The third-order valence-corrected chi connectivity index (χ3v) is 4.95. The lowest BCUT2D eigenvalue weighted by atomic mass is 10.0. The molecule has 0 amide bonds. The molecule has 0 saturated heterocycles. The van der Waals surface area contributed by atoms with Gasteiger partial charge in [-0.05, 0) is 58.2 Å². The Morgan fingerprint density at radius 2 is 1.76 bits per heavy atom. The number of ether oxygens (including phenoxy) is 1. The molecule has 0 radical (unpaired) electrons. The second kappa shape index (κ2) is 8.16. The Morgan fingerprint density at radius 1 is 1.04 bits per heavy atom. The van der Waals surface area contributed by atoms with Gasteiger partial charge < -0.3 is 4.74 Å². The Hall–Kier alpha value is -2.34. The van der Waals surface area contributed by atoms with Crippen LogP contribution >= 0.6 is 11.8 Å². The van der Waals surface area contributed by atoms with Gasteiger partial charge in [0, 0.05) is 5.75 Å².